The number of carbonyl (C=O) groups excluding carboxylic acids is 1. The number of para-hydroxylation sites is 2. The summed E-state index contributed by atoms with van der Waals surface area (Å²) in [6, 6.07) is 24.4. The Balaban J connectivity index is 1.47. The monoisotopic (exact) mass is 438 g/mol. The molecule has 0 unspecified atom stereocenters. The number of unbranched alkanes of at least 4 members (excludes halogenated alkanes) is 1. The predicted molar refractivity (Wildman–Crippen MR) is 122 cm³/mol. The number of amides is 1. The van der Waals surface area contributed by atoms with Crippen molar-refractivity contribution in [2.75, 3.05) is 24.5 Å². The van der Waals surface area contributed by atoms with Gasteiger partial charge in [-0.15, -0.1) is 0 Å². The third kappa shape index (κ3) is 6.08. The number of hydrogen-bond donors (Lipinski definition) is 1. The number of nitrogens with zero attached hydrogens (tertiary/aromatic N) is 1. The van der Waals surface area contributed by atoms with Gasteiger partial charge in [0.15, 0.2) is 0 Å². The lowest BCUT2D eigenvalue weighted by molar-refractivity contribution is 0.0952. The molecule has 1 N–H and O–H groups in total. The predicted octanol–water partition coefficient (Wildman–Crippen LogP) is 4.10. The number of sulfonamides is 1. The van der Waals surface area contributed by atoms with E-state index in [1.807, 2.05) is 36.4 Å². The molecule has 0 aliphatic rings. The van der Waals surface area contributed by atoms with Gasteiger partial charge in [0, 0.05) is 19.2 Å². The molecule has 1 amide bonds. The Morgan fingerprint density at radius 1 is 0.871 bits per heavy atom. The van der Waals surface area contributed by atoms with Gasteiger partial charge in [-0.2, -0.15) is 0 Å². The highest BCUT2D eigenvalue weighted by Gasteiger charge is 2.21. The summed E-state index contributed by atoms with van der Waals surface area (Å²) in [6.45, 7) is 1.11. The Morgan fingerprint density at radius 3 is 2.13 bits per heavy atom. The molecule has 0 bridgehead atoms. The number of carbonyl (C=O) groups is 1. The van der Waals surface area contributed by atoms with E-state index in [1.165, 1.54) is 35.6 Å². The zero-order chi connectivity index (χ0) is 22.1. The highest BCUT2D eigenvalue weighted by atomic mass is 32.2. The number of benzene rings is 3. The van der Waals surface area contributed by atoms with E-state index in [0.717, 1.165) is 18.6 Å². The summed E-state index contributed by atoms with van der Waals surface area (Å²) in [7, 11) is -2.19. The van der Waals surface area contributed by atoms with E-state index < -0.39 is 10.0 Å². The minimum Gasteiger partial charge on any atom is -0.494 e. The normalized spacial score (nSPS) is 11.0. The SMILES string of the molecule is CN(c1ccccc1)S(=O)(=O)c1ccc(C(=O)NCCCCOc2ccccc2)cc1. The van der Waals surface area contributed by atoms with E-state index in [0.29, 0.717) is 24.4 Å². The molecule has 0 aliphatic carbocycles. The van der Waals surface area contributed by atoms with E-state index in [4.69, 9.17) is 4.74 Å². The zero-order valence-electron chi connectivity index (χ0n) is 17.4. The number of hydrogen-bond acceptors (Lipinski definition) is 4. The lowest BCUT2D eigenvalue weighted by atomic mass is 10.2. The quantitative estimate of drug-likeness (QED) is 0.484. The first-order valence-electron chi connectivity index (χ1n) is 10.1. The van der Waals surface area contributed by atoms with Crippen LogP contribution < -0.4 is 14.4 Å². The molecule has 3 rings (SSSR count). The van der Waals surface area contributed by atoms with Crippen LogP contribution in [-0.2, 0) is 10.0 Å². The van der Waals surface area contributed by atoms with Crippen molar-refractivity contribution in [3.05, 3.63) is 90.5 Å². The Morgan fingerprint density at radius 2 is 1.48 bits per heavy atom. The minimum atomic E-state index is -3.70. The zero-order valence-corrected chi connectivity index (χ0v) is 18.2. The molecule has 162 valence electrons. The number of anilines is 1. The summed E-state index contributed by atoms with van der Waals surface area (Å²) in [5.74, 6) is 0.601. The summed E-state index contributed by atoms with van der Waals surface area (Å²) in [5, 5.41) is 2.85. The van der Waals surface area contributed by atoms with Crippen molar-refractivity contribution in [1.29, 1.82) is 0 Å². The van der Waals surface area contributed by atoms with E-state index in [9.17, 15) is 13.2 Å². The van der Waals surface area contributed by atoms with Crippen LogP contribution in [0.2, 0.25) is 0 Å². The molecule has 0 atom stereocenters. The second-order valence-electron chi connectivity index (χ2n) is 6.96. The second kappa shape index (κ2) is 10.6. The summed E-state index contributed by atoms with van der Waals surface area (Å²) in [6.07, 6.45) is 1.60. The molecule has 31 heavy (non-hydrogen) atoms. The van der Waals surface area contributed by atoms with Crippen LogP contribution in [0.5, 0.6) is 5.75 Å². The van der Waals surface area contributed by atoms with Gasteiger partial charge in [-0.3, -0.25) is 9.10 Å². The van der Waals surface area contributed by atoms with Crippen molar-refractivity contribution in [3.63, 3.8) is 0 Å². The van der Waals surface area contributed by atoms with Crippen molar-refractivity contribution in [2.45, 2.75) is 17.7 Å². The van der Waals surface area contributed by atoms with Gasteiger partial charge in [-0.05, 0) is 61.4 Å². The van der Waals surface area contributed by atoms with Gasteiger partial charge in [0.1, 0.15) is 5.75 Å². The topological polar surface area (TPSA) is 75.7 Å². The van der Waals surface area contributed by atoms with Crippen LogP contribution in [0.1, 0.15) is 23.2 Å². The fourth-order valence-corrected chi connectivity index (χ4v) is 4.15. The first-order chi connectivity index (χ1) is 15.0. The van der Waals surface area contributed by atoms with Crippen LogP contribution in [0.3, 0.4) is 0 Å². The average Bonchev–Trinajstić information content (AvgIpc) is 2.82. The van der Waals surface area contributed by atoms with Gasteiger partial charge in [-0.1, -0.05) is 36.4 Å². The average molecular weight is 439 g/mol. The fourth-order valence-electron chi connectivity index (χ4n) is 2.95. The Kier molecular flexibility index (Phi) is 7.67. The maximum atomic E-state index is 12.8. The molecule has 0 fully saturated rings. The molecule has 0 heterocycles. The van der Waals surface area contributed by atoms with E-state index >= 15 is 0 Å². The molecule has 3 aromatic carbocycles. The molecule has 0 saturated heterocycles. The Bertz CT molecular complexity index is 1070. The first-order valence-corrected chi connectivity index (χ1v) is 11.5. The molecular weight excluding hydrogens is 412 g/mol. The van der Waals surface area contributed by atoms with Crippen LogP contribution in [0.15, 0.2) is 89.8 Å². The van der Waals surface area contributed by atoms with Gasteiger partial charge >= 0.3 is 0 Å². The molecular formula is C24H26N2O4S. The van der Waals surface area contributed by atoms with Crippen LogP contribution in [0, 0.1) is 0 Å². The maximum absolute atomic E-state index is 12.8. The van der Waals surface area contributed by atoms with Gasteiger partial charge in [0.05, 0.1) is 17.2 Å². The lowest BCUT2D eigenvalue weighted by Crippen LogP contribution is -2.27. The van der Waals surface area contributed by atoms with Crippen molar-refractivity contribution >= 4 is 21.6 Å². The van der Waals surface area contributed by atoms with Crippen molar-refractivity contribution in [3.8, 4) is 5.75 Å². The van der Waals surface area contributed by atoms with Crippen molar-refractivity contribution in [1.82, 2.24) is 5.32 Å². The van der Waals surface area contributed by atoms with E-state index in [2.05, 4.69) is 5.32 Å². The van der Waals surface area contributed by atoms with Crippen LogP contribution >= 0.6 is 0 Å². The van der Waals surface area contributed by atoms with Gasteiger partial charge in [0.25, 0.3) is 15.9 Å². The first kappa shape index (κ1) is 22.4. The molecule has 0 saturated carbocycles. The maximum Gasteiger partial charge on any atom is 0.264 e. The third-order valence-corrected chi connectivity index (χ3v) is 6.56. The molecule has 0 radical (unpaired) electrons. The van der Waals surface area contributed by atoms with Crippen LogP contribution in [0.4, 0.5) is 5.69 Å². The van der Waals surface area contributed by atoms with E-state index in [-0.39, 0.29) is 10.8 Å². The standard InChI is InChI=1S/C24H26N2O4S/c1-26(21-10-4-2-5-11-21)31(28,29)23-16-14-20(15-17-23)24(27)25-18-8-9-19-30-22-12-6-3-7-13-22/h2-7,10-17H,8-9,18-19H2,1H3,(H,25,27). The molecule has 6 nitrogen and oxygen atoms in total. The molecule has 3 aromatic rings. The molecule has 0 aliphatic heterocycles. The highest BCUT2D eigenvalue weighted by Crippen LogP contribution is 2.21. The highest BCUT2D eigenvalue weighted by molar-refractivity contribution is 7.92. The third-order valence-electron chi connectivity index (χ3n) is 4.76. The number of rotatable bonds is 10. The van der Waals surface area contributed by atoms with Gasteiger partial charge < -0.3 is 10.1 Å². The van der Waals surface area contributed by atoms with Crippen LogP contribution in [-0.4, -0.2) is 34.5 Å². The Hall–Kier alpha value is -3.32. The van der Waals surface area contributed by atoms with Gasteiger partial charge in [0.2, 0.25) is 0 Å². The lowest BCUT2D eigenvalue weighted by Gasteiger charge is -2.19. The fraction of sp³-hybridized carbons (Fsp3) is 0.208. The molecule has 0 aromatic heterocycles. The van der Waals surface area contributed by atoms with E-state index in [1.54, 1.807) is 24.3 Å². The minimum absolute atomic E-state index is 0.133. The second-order valence-corrected chi connectivity index (χ2v) is 8.93. The summed E-state index contributed by atoms with van der Waals surface area (Å²) in [5.41, 5.74) is 0.988. The van der Waals surface area contributed by atoms with Crippen molar-refractivity contribution < 1.29 is 17.9 Å². The summed E-state index contributed by atoms with van der Waals surface area (Å²) < 4.78 is 32.4. The largest absolute Gasteiger partial charge is 0.494 e. The summed E-state index contributed by atoms with van der Waals surface area (Å²) >= 11 is 0. The van der Waals surface area contributed by atoms with Crippen LogP contribution in [0.25, 0.3) is 0 Å². The molecule has 7 heteroatoms. The molecule has 0 spiro atoms. The number of ether oxygens (including phenoxy) is 1. The van der Waals surface area contributed by atoms with Gasteiger partial charge in [-0.25, -0.2) is 8.42 Å². The number of nitrogens with one attached hydrogen (secondary N) is 1. The summed E-state index contributed by atoms with van der Waals surface area (Å²) in [4.78, 5) is 12.4. The Labute approximate surface area is 183 Å². The smallest absolute Gasteiger partial charge is 0.264 e. The van der Waals surface area contributed by atoms with Crippen molar-refractivity contribution in [2.24, 2.45) is 0 Å².